The van der Waals surface area contributed by atoms with E-state index in [1.54, 1.807) is 0 Å². The number of anilines is 2. The van der Waals surface area contributed by atoms with E-state index in [1.165, 1.54) is 5.56 Å². The van der Waals surface area contributed by atoms with Gasteiger partial charge in [0.25, 0.3) is 0 Å². The third kappa shape index (κ3) is 2.54. The van der Waals surface area contributed by atoms with E-state index in [4.69, 9.17) is 5.73 Å². The molecule has 4 heteroatoms. The number of nitrogen functional groups attached to an aromatic ring is 1. The molecule has 0 aliphatic heterocycles. The van der Waals surface area contributed by atoms with Crippen molar-refractivity contribution in [3.05, 3.63) is 60.3 Å². The molecule has 1 heterocycles. The van der Waals surface area contributed by atoms with Crippen LogP contribution in [-0.4, -0.2) is 17.0 Å². The maximum absolute atomic E-state index is 5.69. The van der Waals surface area contributed by atoms with Crippen molar-refractivity contribution in [1.29, 1.82) is 0 Å². The first-order valence-corrected chi connectivity index (χ1v) is 6.50. The van der Waals surface area contributed by atoms with E-state index in [-0.39, 0.29) is 0 Å². The molecule has 2 N–H and O–H groups in total. The smallest absolute Gasteiger partial charge is 0.225 e. The molecule has 3 rings (SSSR count). The molecule has 0 radical (unpaired) electrons. The summed E-state index contributed by atoms with van der Waals surface area (Å²) >= 11 is 0. The van der Waals surface area contributed by atoms with Crippen LogP contribution in [0.5, 0.6) is 0 Å². The van der Waals surface area contributed by atoms with Crippen LogP contribution >= 0.6 is 0 Å². The van der Waals surface area contributed by atoms with Gasteiger partial charge >= 0.3 is 0 Å². The van der Waals surface area contributed by atoms with Gasteiger partial charge in [-0.05, 0) is 23.8 Å². The molecule has 4 nitrogen and oxygen atoms in total. The Bertz CT molecular complexity index is 722. The zero-order valence-electron chi connectivity index (χ0n) is 11.3. The van der Waals surface area contributed by atoms with Crippen LogP contribution in [0, 0.1) is 0 Å². The monoisotopic (exact) mass is 264 g/mol. The number of nitrogens with zero attached hydrogens (tertiary/aromatic N) is 3. The number of rotatable bonds is 3. The Balaban J connectivity index is 1.84. The van der Waals surface area contributed by atoms with Crippen LogP contribution in [0.3, 0.4) is 0 Å². The summed E-state index contributed by atoms with van der Waals surface area (Å²) < 4.78 is 0. The third-order valence-corrected chi connectivity index (χ3v) is 3.22. The van der Waals surface area contributed by atoms with Crippen molar-refractivity contribution in [3.63, 3.8) is 0 Å². The quantitative estimate of drug-likeness (QED) is 0.739. The van der Waals surface area contributed by atoms with E-state index in [2.05, 4.69) is 9.97 Å². The van der Waals surface area contributed by atoms with E-state index in [9.17, 15) is 0 Å². The first-order chi connectivity index (χ1) is 9.72. The predicted octanol–water partition coefficient (Wildman–Crippen LogP) is 2.85. The highest BCUT2D eigenvalue weighted by atomic mass is 15.2. The number of hydrogen-bond donors (Lipinski definition) is 1. The van der Waals surface area contributed by atoms with Gasteiger partial charge in [0.1, 0.15) is 0 Å². The van der Waals surface area contributed by atoms with Gasteiger partial charge in [-0.3, -0.25) is 0 Å². The van der Waals surface area contributed by atoms with Crippen LogP contribution < -0.4 is 10.6 Å². The summed E-state index contributed by atoms with van der Waals surface area (Å²) in [6.07, 6.45) is 1.86. The molecule has 0 fully saturated rings. The Kier molecular flexibility index (Phi) is 3.21. The Labute approximate surface area is 117 Å². The molecule has 100 valence electrons. The van der Waals surface area contributed by atoms with Crippen LogP contribution in [0.2, 0.25) is 0 Å². The second-order valence-electron chi connectivity index (χ2n) is 4.83. The molecule has 3 aromatic rings. The van der Waals surface area contributed by atoms with Gasteiger partial charge in [-0.2, -0.15) is 0 Å². The molecule has 0 saturated carbocycles. The van der Waals surface area contributed by atoms with Gasteiger partial charge in [-0.1, -0.05) is 30.3 Å². The fourth-order valence-corrected chi connectivity index (χ4v) is 2.11. The van der Waals surface area contributed by atoms with Crippen molar-refractivity contribution in [2.24, 2.45) is 0 Å². The van der Waals surface area contributed by atoms with E-state index < -0.39 is 0 Å². The molecule has 0 bridgehead atoms. The summed E-state index contributed by atoms with van der Waals surface area (Å²) in [4.78, 5) is 11.0. The number of fused-ring (bicyclic) bond motifs is 1. The molecule has 0 unspecified atom stereocenters. The lowest BCUT2D eigenvalue weighted by atomic mass is 10.2. The maximum Gasteiger partial charge on any atom is 0.225 e. The average molecular weight is 264 g/mol. The van der Waals surface area contributed by atoms with Gasteiger partial charge in [0.05, 0.1) is 5.52 Å². The number of benzene rings is 2. The number of aromatic nitrogens is 2. The molecule has 0 aliphatic carbocycles. The lowest BCUT2D eigenvalue weighted by Crippen LogP contribution is -2.19. The van der Waals surface area contributed by atoms with Gasteiger partial charge in [-0.25, -0.2) is 9.97 Å². The second-order valence-corrected chi connectivity index (χ2v) is 4.83. The van der Waals surface area contributed by atoms with Crippen LogP contribution in [0.1, 0.15) is 5.56 Å². The number of hydrogen-bond acceptors (Lipinski definition) is 4. The van der Waals surface area contributed by atoms with Gasteiger partial charge in [0, 0.05) is 30.9 Å². The third-order valence-electron chi connectivity index (χ3n) is 3.22. The summed E-state index contributed by atoms with van der Waals surface area (Å²) in [6.45, 7) is 0.749. The van der Waals surface area contributed by atoms with Crippen LogP contribution in [-0.2, 0) is 6.54 Å². The molecule has 0 spiro atoms. The number of nitrogens with two attached hydrogens (primary N) is 1. The molecular weight excluding hydrogens is 248 g/mol. The molecule has 0 atom stereocenters. The maximum atomic E-state index is 5.69. The van der Waals surface area contributed by atoms with Crippen LogP contribution in [0.4, 0.5) is 11.6 Å². The Hall–Kier alpha value is -2.62. The molecular formula is C16H16N4. The molecule has 1 aromatic heterocycles. The number of para-hydroxylation sites is 1. The van der Waals surface area contributed by atoms with Gasteiger partial charge in [-0.15, -0.1) is 0 Å². The zero-order chi connectivity index (χ0) is 13.9. The van der Waals surface area contributed by atoms with Gasteiger partial charge in [0.15, 0.2) is 0 Å². The normalized spacial score (nSPS) is 10.7. The summed E-state index contributed by atoms with van der Waals surface area (Å²) in [5.41, 5.74) is 8.61. The van der Waals surface area contributed by atoms with Crippen molar-refractivity contribution < 1.29 is 0 Å². The van der Waals surface area contributed by atoms with Crippen molar-refractivity contribution >= 4 is 22.5 Å². The van der Waals surface area contributed by atoms with E-state index in [1.807, 2.05) is 66.7 Å². The van der Waals surface area contributed by atoms with E-state index >= 15 is 0 Å². The molecule has 0 aliphatic rings. The van der Waals surface area contributed by atoms with Crippen molar-refractivity contribution in [2.75, 3.05) is 17.7 Å². The highest BCUT2D eigenvalue weighted by Gasteiger charge is 2.06. The van der Waals surface area contributed by atoms with Crippen molar-refractivity contribution in [1.82, 2.24) is 9.97 Å². The Morgan fingerprint density at radius 2 is 1.80 bits per heavy atom. The molecule has 0 amide bonds. The zero-order valence-corrected chi connectivity index (χ0v) is 11.3. The highest BCUT2D eigenvalue weighted by molar-refractivity contribution is 5.78. The lowest BCUT2D eigenvalue weighted by molar-refractivity contribution is 0.873. The van der Waals surface area contributed by atoms with Crippen molar-refractivity contribution in [3.8, 4) is 0 Å². The summed E-state index contributed by atoms with van der Waals surface area (Å²) in [7, 11) is 1.99. The summed E-state index contributed by atoms with van der Waals surface area (Å²) in [6, 6.07) is 15.8. The molecule has 2 aromatic carbocycles. The standard InChI is InChI=1S/C16H16N4/c1-20(11-12-6-8-14(17)9-7-12)16-18-10-13-4-2-3-5-15(13)19-16/h2-10H,11,17H2,1H3. The molecule has 20 heavy (non-hydrogen) atoms. The van der Waals surface area contributed by atoms with Crippen LogP contribution in [0.25, 0.3) is 10.9 Å². The highest BCUT2D eigenvalue weighted by Crippen LogP contribution is 2.16. The predicted molar refractivity (Wildman–Crippen MR) is 82.5 cm³/mol. The van der Waals surface area contributed by atoms with Crippen LogP contribution in [0.15, 0.2) is 54.7 Å². The topological polar surface area (TPSA) is 55.0 Å². The van der Waals surface area contributed by atoms with Gasteiger partial charge in [0.2, 0.25) is 5.95 Å². The van der Waals surface area contributed by atoms with Crippen molar-refractivity contribution in [2.45, 2.75) is 6.54 Å². The second kappa shape index (κ2) is 5.17. The van der Waals surface area contributed by atoms with E-state index in [0.29, 0.717) is 0 Å². The Morgan fingerprint density at radius 1 is 1.05 bits per heavy atom. The fourth-order valence-electron chi connectivity index (χ4n) is 2.11. The fraction of sp³-hybridized carbons (Fsp3) is 0.125. The first-order valence-electron chi connectivity index (χ1n) is 6.50. The SMILES string of the molecule is CN(Cc1ccc(N)cc1)c1ncc2ccccc2n1. The van der Waals surface area contributed by atoms with Gasteiger partial charge < -0.3 is 10.6 Å². The lowest BCUT2D eigenvalue weighted by Gasteiger charge is -2.17. The largest absolute Gasteiger partial charge is 0.399 e. The Morgan fingerprint density at radius 3 is 2.60 bits per heavy atom. The molecule has 0 saturated heterocycles. The average Bonchev–Trinajstić information content (AvgIpc) is 2.49. The first kappa shape index (κ1) is 12.4. The minimum Gasteiger partial charge on any atom is -0.399 e. The minimum absolute atomic E-state index is 0.723. The summed E-state index contributed by atoms with van der Waals surface area (Å²) in [5.74, 6) is 0.723. The summed E-state index contributed by atoms with van der Waals surface area (Å²) in [5, 5.41) is 1.05. The van der Waals surface area contributed by atoms with E-state index in [0.717, 1.165) is 29.1 Å². The minimum atomic E-state index is 0.723.